The van der Waals surface area contributed by atoms with E-state index < -0.39 is 37.1 Å². The summed E-state index contributed by atoms with van der Waals surface area (Å²) in [6, 6.07) is 13.4. The van der Waals surface area contributed by atoms with E-state index in [-0.39, 0.29) is 6.61 Å². The highest BCUT2D eigenvalue weighted by molar-refractivity contribution is 6.30. The summed E-state index contributed by atoms with van der Waals surface area (Å²) >= 11 is 5.80. The van der Waals surface area contributed by atoms with Crippen LogP contribution in [0.15, 0.2) is 48.5 Å². The third-order valence-electron chi connectivity index (χ3n) is 3.64. The van der Waals surface area contributed by atoms with Gasteiger partial charge < -0.3 is 18.9 Å². The van der Waals surface area contributed by atoms with Gasteiger partial charge in [0.05, 0.1) is 0 Å². The molecule has 1 aliphatic heterocycles. The molecule has 2 amide bonds. The highest BCUT2D eigenvalue weighted by Gasteiger charge is 2.27. The summed E-state index contributed by atoms with van der Waals surface area (Å²) in [7, 11) is 0. The largest absolute Gasteiger partial charge is 0.485 e. The van der Waals surface area contributed by atoms with E-state index in [9.17, 15) is 14.4 Å². The second kappa shape index (κ2) is 9.65. The first-order valence-electron chi connectivity index (χ1n) is 8.52. The fourth-order valence-electron chi connectivity index (χ4n) is 2.28. The zero-order chi connectivity index (χ0) is 20.6. The van der Waals surface area contributed by atoms with E-state index in [1.807, 2.05) is 0 Å². The van der Waals surface area contributed by atoms with Crippen molar-refractivity contribution in [1.82, 2.24) is 10.9 Å². The van der Waals surface area contributed by atoms with Crippen LogP contribution in [0.1, 0.15) is 0 Å². The fourth-order valence-corrected chi connectivity index (χ4v) is 2.46. The van der Waals surface area contributed by atoms with Crippen LogP contribution >= 0.6 is 11.6 Å². The maximum Gasteiger partial charge on any atom is 0.344 e. The number of benzene rings is 2. The number of amides is 2. The van der Waals surface area contributed by atoms with Crippen molar-refractivity contribution >= 4 is 29.4 Å². The van der Waals surface area contributed by atoms with Crippen LogP contribution in [0.5, 0.6) is 17.2 Å². The number of fused-ring (bicyclic) bond motifs is 1. The smallest absolute Gasteiger partial charge is 0.344 e. The molecule has 0 saturated heterocycles. The molecule has 1 aliphatic rings. The SMILES string of the molecule is O=C(COC(=O)COc1cccc(Cl)c1)NNC(=O)C1COc2ccccc2O1. The first-order chi connectivity index (χ1) is 14.0. The predicted molar refractivity (Wildman–Crippen MR) is 101 cm³/mol. The minimum absolute atomic E-state index is 0.00541. The van der Waals surface area contributed by atoms with Gasteiger partial charge in [-0.25, -0.2) is 4.79 Å². The average Bonchev–Trinajstić information content (AvgIpc) is 2.74. The zero-order valence-corrected chi connectivity index (χ0v) is 15.8. The first kappa shape index (κ1) is 20.3. The molecule has 1 heterocycles. The lowest BCUT2D eigenvalue weighted by Gasteiger charge is -2.25. The van der Waals surface area contributed by atoms with Gasteiger partial charge in [-0.05, 0) is 30.3 Å². The Morgan fingerprint density at radius 1 is 1.03 bits per heavy atom. The summed E-state index contributed by atoms with van der Waals surface area (Å²) in [4.78, 5) is 35.4. The molecule has 9 nitrogen and oxygen atoms in total. The Balaban J connectivity index is 1.34. The van der Waals surface area contributed by atoms with E-state index in [1.54, 1.807) is 42.5 Å². The molecule has 2 aromatic rings. The Bertz CT molecular complexity index is 906. The number of esters is 1. The molecule has 2 aromatic carbocycles. The third-order valence-corrected chi connectivity index (χ3v) is 3.88. The lowest BCUT2D eigenvalue weighted by Crippen LogP contribution is -2.51. The lowest BCUT2D eigenvalue weighted by atomic mass is 10.2. The quantitative estimate of drug-likeness (QED) is 0.534. The minimum Gasteiger partial charge on any atom is -0.485 e. The molecule has 10 heteroatoms. The number of halogens is 1. The van der Waals surface area contributed by atoms with Crippen LogP contribution in [-0.2, 0) is 19.1 Å². The summed E-state index contributed by atoms with van der Waals surface area (Å²) in [6.07, 6.45) is -0.932. The van der Waals surface area contributed by atoms with Crippen molar-refractivity contribution in [3.05, 3.63) is 53.6 Å². The summed E-state index contributed by atoms with van der Waals surface area (Å²) in [6.45, 7) is -0.996. The van der Waals surface area contributed by atoms with Crippen molar-refractivity contribution < 1.29 is 33.3 Å². The molecular weight excluding hydrogens is 404 g/mol. The van der Waals surface area contributed by atoms with Crippen molar-refractivity contribution in [2.24, 2.45) is 0 Å². The predicted octanol–water partition coefficient (Wildman–Crippen LogP) is 1.25. The van der Waals surface area contributed by atoms with Crippen LogP contribution in [-0.4, -0.2) is 43.7 Å². The second-order valence-electron chi connectivity index (χ2n) is 5.81. The van der Waals surface area contributed by atoms with E-state index in [4.69, 9.17) is 30.5 Å². The van der Waals surface area contributed by atoms with Crippen LogP contribution in [0.4, 0.5) is 0 Å². The number of hydrogen-bond acceptors (Lipinski definition) is 7. The molecule has 0 radical (unpaired) electrons. The van der Waals surface area contributed by atoms with Gasteiger partial charge in [-0.2, -0.15) is 0 Å². The normalized spacial score (nSPS) is 14.4. The molecule has 3 rings (SSSR count). The van der Waals surface area contributed by atoms with E-state index in [1.165, 1.54) is 6.07 Å². The molecule has 0 saturated carbocycles. The van der Waals surface area contributed by atoms with E-state index in [0.717, 1.165) is 0 Å². The van der Waals surface area contributed by atoms with Crippen molar-refractivity contribution in [2.45, 2.75) is 6.10 Å². The summed E-state index contributed by atoms with van der Waals surface area (Å²) in [5, 5.41) is 0.460. The molecule has 0 aromatic heterocycles. The monoisotopic (exact) mass is 420 g/mol. The number of rotatable bonds is 6. The molecule has 0 fully saturated rings. The number of hydrazine groups is 1. The molecule has 1 atom stereocenters. The standard InChI is InChI=1S/C19H17ClN2O7/c20-12-4-3-5-13(8-12)26-11-18(24)28-10-17(23)21-22-19(25)16-9-27-14-6-1-2-7-15(14)29-16/h1-8,16H,9-11H2,(H,21,23)(H,22,25). The Morgan fingerprint density at radius 2 is 1.83 bits per heavy atom. The minimum atomic E-state index is -0.932. The van der Waals surface area contributed by atoms with Gasteiger partial charge in [0.1, 0.15) is 12.4 Å². The van der Waals surface area contributed by atoms with Gasteiger partial charge in [0.25, 0.3) is 11.8 Å². The topological polar surface area (TPSA) is 112 Å². The van der Waals surface area contributed by atoms with Crippen molar-refractivity contribution in [1.29, 1.82) is 0 Å². The number of para-hydroxylation sites is 2. The Morgan fingerprint density at radius 3 is 2.62 bits per heavy atom. The zero-order valence-electron chi connectivity index (χ0n) is 15.1. The molecule has 29 heavy (non-hydrogen) atoms. The van der Waals surface area contributed by atoms with Crippen molar-refractivity contribution in [3.63, 3.8) is 0 Å². The number of nitrogens with one attached hydrogen (secondary N) is 2. The fraction of sp³-hybridized carbons (Fsp3) is 0.211. The van der Waals surface area contributed by atoms with E-state index in [2.05, 4.69) is 10.9 Å². The molecule has 0 aliphatic carbocycles. The van der Waals surface area contributed by atoms with Gasteiger partial charge in [0, 0.05) is 5.02 Å². The second-order valence-corrected chi connectivity index (χ2v) is 6.24. The Kier molecular flexibility index (Phi) is 6.75. The van der Waals surface area contributed by atoms with E-state index >= 15 is 0 Å². The summed E-state index contributed by atoms with van der Waals surface area (Å²) in [5.41, 5.74) is 4.32. The van der Waals surface area contributed by atoms with Crippen LogP contribution in [0, 0.1) is 0 Å². The van der Waals surface area contributed by atoms with Crippen molar-refractivity contribution in [2.75, 3.05) is 19.8 Å². The first-order valence-corrected chi connectivity index (χ1v) is 8.90. The summed E-state index contributed by atoms with van der Waals surface area (Å²) in [5.74, 6) is -0.740. The molecule has 2 N–H and O–H groups in total. The maximum atomic E-state index is 12.1. The molecule has 0 bridgehead atoms. The van der Waals surface area contributed by atoms with Gasteiger partial charge >= 0.3 is 5.97 Å². The molecule has 0 spiro atoms. The van der Waals surface area contributed by atoms with Crippen LogP contribution in [0.3, 0.4) is 0 Å². The Labute approximate surface area is 170 Å². The molecular formula is C19H17ClN2O7. The lowest BCUT2D eigenvalue weighted by molar-refractivity contribution is -0.151. The van der Waals surface area contributed by atoms with Crippen LogP contribution in [0.25, 0.3) is 0 Å². The van der Waals surface area contributed by atoms with E-state index in [0.29, 0.717) is 22.3 Å². The van der Waals surface area contributed by atoms with Gasteiger partial charge in [-0.1, -0.05) is 29.8 Å². The molecule has 1 unspecified atom stereocenters. The van der Waals surface area contributed by atoms with Gasteiger partial charge in [0.15, 0.2) is 24.7 Å². The number of carbonyl (C=O) groups excluding carboxylic acids is 3. The maximum absolute atomic E-state index is 12.1. The molecule has 152 valence electrons. The number of ether oxygens (including phenoxy) is 4. The van der Waals surface area contributed by atoms with Gasteiger partial charge in [-0.3, -0.25) is 20.4 Å². The van der Waals surface area contributed by atoms with Gasteiger partial charge in [0.2, 0.25) is 6.10 Å². The third kappa shape index (κ3) is 6.01. The van der Waals surface area contributed by atoms with Crippen LogP contribution < -0.4 is 25.1 Å². The summed E-state index contributed by atoms with van der Waals surface area (Å²) < 4.78 is 20.9. The average molecular weight is 421 g/mol. The number of carbonyl (C=O) groups is 3. The highest BCUT2D eigenvalue weighted by Crippen LogP contribution is 2.30. The number of hydrogen-bond donors (Lipinski definition) is 2. The van der Waals surface area contributed by atoms with Crippen molar-refractivity contribution in [3.8, 4) is 17.2 Å². The van der Waals surface area contributed by atoms with Gasteiger partial charge in [-0.15, -0.1) is 0 Å². The van der Waals surface area contributed by atoms with Crippen LogP contribution in [0.2, 0.25) is 5.02 Å². The highest BCUT2D eigenvalue weighted by atomic mass is 35.5. The Hall–Kier alpha value is -3.46.